The number of Topliss-reactive ketones (excluding diaryl/α,β-unsaturated/α-hetero) is 1. The van der Waals surface area contributed by atoms with Crippen molar-refractivity contribution in [1.29, 1.82) is 0 Å². The van der Waals surface area contributed by atoms with Gasteiger partial charge in [0.05, 0.1) is 25.0 Å². The minimum Gasteiger partial charge on any atom is -0.469 e. The molecule has 1 aliphatic carbocycles. The van der Waals surface area contributed by atoms with E-state index in [1.165, 1.54) is 7.11 Å². The number of esters is 1. The third-order valence-electron chi connectivity index (χ3n) is 5.48. The van der Waals surface area contributed by atoms with Gasteiger partial charge in [0.2, 0.25) is 5.91 Å². The first kappa shape index (κ1) is 13.6. The lowest BCUT2D eigenvalue weighted by molar-refractivity contribution is -0.155. The van der Waals surface area contributed by atoms with E-state index >= 15 is 0 Å². The summed E-state index contributed by atoms with van der Waals surface area (Å²) in [7, 11) is 1.35. The second-order valence-corrected chi connectivity index (χ2v) is 6.23. The molecule has 110 valence electrons. The summed E-state index contributed by atoms with van der Waals surface area (Å²) in [6, 6.07) is 0. The third-order valence-corrected chi connectivity index (χ3v) is 5.48. The number of hydrogen-bond donors (Lipinski definition) is 0. The summed E-state index contributed by atoms with van der Waals surface area (Å²) in [5.74, 6) is -0.168. The molecule has 0 aromatic carbocycles. The Morgan fingerprint density at radius 3 is 2.95 bits per heavy atom. The summed E-state index contributed by atoms with van der Waals surface area (Å²) in [5, 5.41) is 0. The molecule has 3 aliphatic rings. The first-order chi connectivity index (χ1) is 9.59. The zero-order valence-electron chi connectivity index (χ0n) is 11.9. The van der Waals surface area contributed by atoms with E-state index in [1.54, 1.807) is 0 Å². The highest BCUT2D eigenvalue weighted by atomic mass is 16.5. The summed E-state index contributed by atoms with van der Waals surface area (Å²) >= 11 is 0. The van der Waals surface area contributed by atoms with Gasteiger partial charge in [-0.25, -0.2) is 0 Å². The van der Waals surface area contributed by atoms with Crippen LogP contribution in [0.25, 0.3) is 0 Å². The fourth-order valence-electron chi connectivity index (χ4n) is 4.64. The zero-order chi connectivity index (χ0) is 14.3. The topological polar surface area (TPSA) is 63.7 Å². The molecule has 5 nitrogen and oxygen atoms in total. The Kier molecular flexibility index (Phi) is 3.30. The Morgan fingerprint density at radius 2 is 2.20 bits per heavy atom. The van der Waals surface area contributed by atoms with E-state index in [9.17, 15) is 14.4 Å². The maximum absolute atomic E-state index is 12.4. The Hall–Kier alpha value is -1.39. The molecule has 1 saturated carbocycles. The molecule has 2 saturated heterocycles. The number of piperidine rings is 1. The van der Waals surface area contributed by atoms with Crippen LogP contribution in [0.1, 0.15) is 44.9 Å². The number of carbonyl (C=O) groups excluding carboxylic acids is 3. The second-order valence-electron chi connectivity index (χ2n) is 6.23. The Bertz CT molecular complexity index is 461. The van der Waals surface area contributed by atoms with Crippen molar-refractivity contribution in [1.82, 2.24) is 4.90 Å². The molecule has 0 aromatic heterocycles. The standard InChI is InChI=1S/C15H21NO4/c1-20-14(19)9-11-12(17)5-7-16-13(18)8-10-4-2-3-6-15(10,11)16/h10-11H,2-9H2,1H3/t10-,11-,15-/m0/s1. The lowest BCUT2D eigenvalue weighted by Crippen LogP contribution is -2.62. The number of rotatable bonds is 2. The van der Waals surface area contributed by atoms with E-state index in [-0.39, 0.29) is 35.9 Å². The number of hydrogen-bond acceptors (Lipinski definition) is 4. The van der Waals surface area contributed by atoms with Crippen molar-refractivity contribution < 1.29 is 19.1 Å². The average Bonchev–Trinajstić information content (AvgIpc) is 2.74. The van der Waals surface area contributed by atoms with E-state index in [4.69, 9.17) is 4.74 Å². The van der Waals surface area contributed by atoms with Gasteiger partial charge in [0, 0.05) is 19.4 Å². The van der Waals surface area contributed by atoms with Gasteiger partial charge < -0.3 is 9.64 Å². The summed E-state index contributed by atoms with van der Waals surface area (Å²) in [5.41, 5.74) is -0.390. The molecule has 5 heteroatoms. The molecule has 1 amide bonds. The van der Waals surface area contributed by atoms with Crippen LogP contribution < -0.4 is 0 Å². The van der Waals surface area contributed by atoms with Gasteiger partial charge in [-0.1, -0.05) is 12.8 Å². The molecular formula is C15H21NO4. The highest BCUT2D eigenvalue weighted by molar-refractivity contribution is 5.92. The van der Waals surface area contributed by atoms with Gasteiger partial charge in [-0.15, -0.1) is 0 Å². The molecule has 3 fully saturated rings. The predicted molar refractivity (Wildman–Crippen MR) is 70.8 cm³/mol. The van der Waals surface area contributed by atoms with Crippen LogP contribution in [0.4, 0.5) is 0 Å². The normalized spacial score (nSPS) is 36.5. The number of amides is 1. The highest BCUT2D eigenvalue weighted by Gasteiger charge is 2.61. The van der Waals surface area contributed by atoms with Crippen molar-refractivity contribution in [2.24, 2.45) is 11.8 Å². The second kappa shape index (κ2) is 4.86. The van der Waals surface area contributed by atoms with E-state index in [0.29, 0.717) is 19.4 Å². The van der Waals surface area contributed by atoms with Crippen LogP contribution in [0.3, 0.4) is 0 Å². The van der Waals surface area contributed by atoms with Crippen molar-refractivity contribution in [3.05, 3.63) is 0 Å². The molecule has 0 radical (unpaired) electrons. The molecule has 0 N–H and O–H groups in total. The molecule has 1 spiro atoms. The van der Waals surface area contributed by atoms with Crippen molar-refractivity contribution in [2.45, 2.75) is 50.5 Å². The van der Waals surface area contributed by atoms with Crippen LogP contribution >= 0.6 is 0 Å². The van der Waals surface area contributed by atoms with Crippen molar-refractivity contribution in [3.63, 3.8) is 0 Å². The predicted octanol–water partition coefficient (Wildman–Crippen LogP) is 1.30. The first-order valence-electron chi connectivity index (χ1n) is 7.49. The fourth-order valence-corrected chi connectivity index (χ4v) is 4.64. The molecule has 0 unspecified atom stereocenters. The Labute approximate surface area is 118 Å². The lowest BCUT2D eigenvalue weighted by Gasteiger charge is -2.52. The summed E-state index contributed by atoms with van der Waals surface area (Å²) in [6.07, 6.45) is 5.05. The zero-order valence-corrected chi connectivity index (χ0v) is 11.9. The number of ketones is 1. The van der Waals surface area contributed by atoms with Crippen LogP contribution in [0.15, 0.2) is 0 Å². The molecule has 0 aromatic rings. The summed E-state index contributed by atoms with van der Waals surface area (Å²) < 4.78 is 4.76. The quantitative estimate of drug-likeness (QED) is 0.715. The smallest absolute Gasteiger partial charge is 0.306 e. The van der Waals surface area contributed by atoms with Gasteiger partial charge in [0.25, 0.3) is 0 Å². The fraction of sp³-hybridized carbons (Fsp3) is 0.800. The Morgan fingerprint density at radius 1 is 1.40 bits per heavy atom. The van der Waals surface area contributed by atoms with Crippen LogP contribution in [0.2, 0.25) is 0 Å². The first-order valence-corrected chi connectivity index (χ1v) is 7.49. The van der Waals surface area contributed by atoms with Gasteiger partial charge in [-0.05, 0) is 18.8 Å². The largest absolute Gasteiger partial charge is 0.469 e. The molecular weight excluding hydrogens is 258 g/mol. The summed E-state index contributed by atoms with van der Waals surface area (Å²) in [4.78, 5) is 38.3. The maximum Gasteiger partial charge on any atom is 0.306 e. The van der Waals surface area contributed by atoms with Crippen LogP contribution in [-0.4, -0.2) is 41.8 Å². The van der Waals surface area contributed by atoms with Gasteiger partial charge in [0.1, 0.15) is 5.78 Å². The average molecular weight is 279 g/mol. The number of methoxy groups -OCH3 is 1. The third kappa shape index (κ3) is 1.79. The van der Waals surface area contributed by atoms with Gasteiger partial charge in [0.15, 0.2) is 0 Å². The van der Waals surface area contributed by atoms with Gasteiger partial charge >= 0.3 is 5.97 Å². The highest BCUT2D eigenvalue weighted by Crippen LogP contribution is 2.53. The van der Waals surface area contributed by atoms with Crippen molar-refractivity contribution >= 4 is 17.7 Å². The molecule has 3 atom stereocenters. The molecule has 3 rings (SSSR count). The summed E-state index contributed by atoms with van der Waals surface area (Å²) in [6.45, 7) is 0.534. The minimum atomic E-state index is -0.390. The van der Waals surface area contributed by atoms with Crippen LogP contribution in [0.5, 0.6) is 0 Å². The number of ether oxygens (including phenoxy) is 1. The molecule has 20 heavy (non-hydrogen) atoms. The van der Waals surface area contributed by atoms with Gasteiger partial charge in [-0.2, -0.15) is 0 Å². The maximum atomic E-state index is 12.4. The van der Waals surface area contributed by atoms with E-state index in [2.05, 4.69) is 0 Å². The number of nitrogens with zero attached hydrogens (tertiary/aromatic N) is 1. The Balaban J connectivity index is 1.98. The van der Waals surface area contributed by atoms with E-state index in [0.717, 1.165) is 25.7 Å². The van der Waals surface area contributed by atoms with Gasteiger partial charge in [-0.3, -0.25) is 14.4 Å². The van der Waals surface area contributed by atoms with E-state index < -0.39 is 5.54 Å². The lowest BCUT2D eigenvalue weighted by atomic mass is 9.62. The monoisotopic (exact) mass is 279 g/mol. The van der Waals surface area contributed by atoms with Crippen LogP contribution in [-0.2, 0) is 19.1 Å². The van der Waals surface area contributed by atoms with Crippen molar-refractivity contribution in [2.75, 3.05) is 13.7 Å². The molecule has 2 heterocycles. The van der Waals surface area contributed by atoms with Crippen LogP contribution in [0, 0.1) is 11.8 Å². The SMILES string of the molecule is COC(=O)C[C@H]1C(=O)CCN2C(=O)C[C@@H]3CCCC[C@]312. The molecule has 0 bridgehead atoms. The minimum absolute atomic E-state index is 0.121. The number of carbonyl (C=O) groups is 3. The molecule has 2 aliphatic heterocycles. The van der Waals surface area contributed by atoms with Crippen molar-refractivity contribution in [3.8, 4) is 0 Å². The van der Waals surface area contributed by atoms with E-state index in [1.807, 2.05) is 4.90 Å².